The number of thiophene rings is 1. The van der Waals surface area contributed by atoms with Crippen molar-refractivity contribution in [3.05, 3.63) is 216 Å². The highest BCUT2D eigenvalue weighted by Gasteiger charge is 2.45. The molecule has 56 heavy (non-hydrogen) atoms. The summed E-state index contributed by atoms with van der Waals surface area (Å²) in [5.74, 6) is 0. The molecule has 8 aromatic carbocycles. The number of hydrogen-bond donors (Lipinski definition) is 0. The summed E-state index contributed by atoms with van der Waals surface area (Å²) in [5, 5.41) is 2.63. The fourth-order valence-electron chi connectivity index (χ4n) is 9.64. The molecule has 3 heteroatoms. The van der Waals surface area contributed by atoms with Gasteiger partial charge in [0.1, 0.15) is 0 Å². The van der Waals surface area contributed by atoms with Crippen LogP contribution < -0.4 is 9.80 Å². The van der Waals surface area contributed by atoms with Gasteiger partial charge in [0.15, 0.2) is 0 Å². The third kappa shape index (κ3) is 5.38. The minimum atomic E-state index is -0.0320. The van der Waals surface area contributed by atoms with Crippen LogP contribution in [0.15, 0.2) is 194 Å². The van der Waals surface area contributed by atoms with Crippen molar-refractivity contribution in [3.8, 4) is 11.1 Å². The zero-order chi connectivity index (χ0) is 37.1. The maximum absolute atomic E-state index is 2.55. The fourth-order valence-corrected chi connectivity index (χ4v) is 10.8. The SMILES string of the molecule is c1ccc(-c2cc3c(cc2N(c2ccccc2)c2ccc4c(c2)[C@]2(CCc5ccc(N(c6ccccc6)c6ccccc6)cc52)CC4)sc2ccccc23)cc1. The maximum atomic E-state index is 2.55. The average Bonchev–Trinajstić information content (AvgIpc) is 3.95. The van der Waals surface area contributed by atoms with Crippen LogP contribution in [-0.4, -0.2) is 0 Å². The lowest BCUT2D eigenvalue weighted by atomic mass is 9.76. The molecule has 0 aliphatic heterocycles. The Morgan fingerprint density at radius 1 is 0.393 bits per heavy atom. The second-order valence-corrected chi connectivity index (χ2v) is 16.4. The van der Waals surface area contributed by atoms with Gasteiger partial charge in [0, 0.05) is 59.6 Å². The van der Waals surface area contributed by atoms with E-state index >= 15 is 0 Å². The summed E-state index contributed by atoms with van der Waals surface area (Å²) in [6.45, 7) is 0. The van der Waals surface area contributed by atoms with E-state index in [2.05, 4.69) is 204 Å². The van der Waals surface area contributed by atoms with Crippen molar-refractivity contribution in [2.45, 2.75) is 31.1 Å². The standard InChI is InChI=1S/C53H40N2S/c1-5-15-37(16-6-1)46-35-47-45-23-13-14-24-51(45)56-52(47)36-50(46)55(42-21-11-4-12-22-42)44-28-26-39-30-32-53(49(39)34-44)31-29-38-25-27-43(33-48(38)53)54(40-17-7-2-8-18-40)41-19-9-3-10-20-41/h1-28,33-36H,29-32H2/t53-/m1/s1. The van der Waals surface area contributed by atoms with E-state index < -0.39 is 0 Å². The number of fused-ring (bicyclic) bond motifs is 7. The fraction of sp³-hybridized carbons (Fsp3) is 0.0943. The van der Waals surface area contributed by atoms with E-state index in [4.69, 9.17) is 0 Å². The van der Waals surface area contributed by atoms with Gasteiger partial charge in [-0.3, -0.25) is 0 Å². The molecule has 1 aromatic heterocycles. The normalized spacial score (nSPS) is 15.6. The van der Waals surface area contributed by atoms with E-state index in [0.717, 1.165) is 31.4 Å². The van der Waals surface area contributed by atoms with Crippen LogP contribution in [-0.2, 0) is 18.3 Å². The van der Waals surface area contributed by atoms with Crippen LogP contribution in [0.5, 0.6) is 0 Å². The summed E-state index contributed by atoms with van der Waals surface area (Å²) < 4.78 is 2.62. The molecule has 1 heterocycles. The first-order valence-electron chi connectivity index (χ1n) is 19.8. The van der Waals surface area contributed by atoms with Crippen molar-refractivity contribution < 1.29 is 0 Å². The molecule has 0 amide bonds. The van der Waals surface area contributed by atoms with Gasteiger partial charge < -0.3 is 9.80 Å². The molecule has 0 N–H and O–H groups in total. The first-order chi connectivity index (χ1) is 27.7. The summed E-state index contributed by atoms with van der Waals surface area (Å²) in [5.41, 5.74) is 15.5. The number of para-hydroxylation sites is 3. The number of benzene rings is 8. The van der Waals surface area contributed by atoms with Crippen molar-refractivity contribution in [3.63, 3.8) is 0 Å². The molecule has 0 unspecified atom stereocenters. The van der Waals surface area contributed by atoms with E-state index in [-0.39, 0.29) is 5.41 Å². The number of nitrogens with zero attached hydrogens (tertiary/aromatic N) is 2. The monoisotopic (exact) mass is 736 g/mol. The molecule has 1 spiro atoms. The Morgan fingerprint density at radius 2 is 0.893 bits per heavy atom. The lowest BCUT2D eigenvalue weighted by Gasteiger charge is -2.32. The first-order valence-corrected chi connectivity index (χ1v) is 20.6. The molecule has 268 valence electrons. The van der Waals surface area contributed by atoms with Gasteiger partial charge in [-0.15, -0.1) is 11.3 Å². The van der Waals surface area contributed by atoms with E-state index in [0.29, 0.717) is 0 Å². The van der Waals surface area contributed by atoms with Gasteiger partial charge >= 0.3 is 0 Å². The number of aryl methyl sites for hydroxylation is 2. The number of rotatable bonds is 7. The molecule has 2 aliphatic carbocycles. The highest BCUT2D eigenvalue weighted by Crippen LogP contribution is 2.55. The molecule has 0 saturated carbocycles. The Labute approximate surface area is 332 Å². The summed E-state index contributed by atoms with van der Waals surface area (Å²) in [6.07, 6.45) is 4.45. The topological polar surface area (TPSA) is 6.48 Å². The van der Waals surface area contributed by atoms with Gasteiger partial charge in [-0.05, 0) is 132 Å². The third-order valence-corrected chi connectivity index (χ3v) is 13.4. The van der Waals surface area contributed by atoms with Crippen LogP contribution in [0, 0.1) is 0 Å². The third-order valence-electron chi connectivity index (χ3n) is 12.2. The highest BCUT2D eigenvalue weighted by molar-refractivity contribution is 7.25. The van der Waals surface area contributed by atoms with Gasteiger partial charge in [-0.1, -0.05) is 115 Å². The van der Waals surface area contributed by atoms with Crippen molar-refractivity contribution >= 4 is 65.6 Å². The van der Waals surface area contributed by atoms with E-state index in [1.54, 1.807) is 0 Å². The van der Waals surface area contributed by atoms with Gasteiger partial charge in [-0.25, -0.2) is 0 Å². The second-order valence-electron chi connectivity index (χ2n) is 15.3. The lowest BCUT2D eigenvalue weighted by molar-refractivity contribution is 0.507. The van der Waals surface area contributed by atoms with Crippen molar-refractivity contribution in [2.24, 2.45) is 0 Å². The van der Waals surface area contributed by atoms with Gasteiger partial charge in [-0.2, -0.15) is 0 Å². The van der Waals surface area contributed by atoms with E-state index in [9.17, 15) is 0 Å². The second kappa shape index (κ2) is 13.4. The molecular weight excluding hydrogens is 697 g/mol. The molecule has 2 aliphatic rings. The minimum absolute atomic E-state index is 0.0320. The maximum Gasteiger partial charge on any atom is 0.0554 e. The molecule has 0 bridgehead atoms. The zero-order valence-electron chi connectivity index (χ0n) is 31.1. The van der Waals surface area contributed by atoms with Crippen molar-refractivity contribution in [1.82, 2.24) is 0 Å². The minimum Gasteiger partial charge on any atom is -0.310 e. The van der Waals surface area contributed by atoms with E-state index in [1.807, 2.05) is 11.3 Å². The average molecular weight is 737 g/mol. The Morgan fingerprint density at radius 3 is 1.48 bits per heavy atom. The van der Waals surface area contributed by atoms with Crippen LogP contribution in [0.3, 0.4) is 0 Å². The number of anilines is 6. The van der Waals surface area contributed by atoms with Crippen molar-refractivity contribution in [1.29, 1.82) is 0 Å². The summed E-state index contributed by atoms with van der Waals surface area (Å²) >= 11 is 1.88. The summed E-state index contributed by atoms with van der Waals surface area (Å²) in [4.78, 5) is 4.92. The van der Waals surface area contributed by atoms with Gasteiger partial charge in [0.05, 0.1) is 5.69 Å². The Bertz CT molecular complexity index is 2820. The summed E-state index contributed by atoms with van der Waals surface area (Å²) in [7, 11) is 0. The van der Waals surface area contributed by atoms with Crippen LogP contribution in [0.4, 0.5) is 34.1 Å². The molecule has 1 atom stereocenters. The lowest BCUT2D eigenvalue weighted by Crippen LogP contribution is -2.22. The predicted molar refractivity (Wildman–Crippen MR) is 238 cm³/mol. The number of hydrogen-bond acceptors (Lipinski definition) is 3. The molecule has 0 saturated heterocycles. The summed E-state index contributed by atoms with van der Waals surface area (Å²) in [6, 6.07) is 71.8. The molecule has 0 radical (unpaired) electrons. The molecule has 11 rings (SSSR count). The quantitative estimate of drug-likeness (QED) is 0.161. The largest absolute Gasteiger partial charge is 0.310 e. The zero-order valence-corrected chi connectivity index (χ0v) is 31.9. The molecule has 0 fully saturated rings. The van der Waals surface area contributed by atoms with Gasteiger partial charge in [0.2, 0.25) is 0 Å². The van der Waals surface area contributed by atoms with Crippen LogP contribution in [0.2, 0.25) is 0 Å². The Hall–Kier alpha value is -6.42. The van der Waals surface area contributed by atoms with Crippen molar-refractivity contribution in [2.75, 3.05) is 9.80 Å². The van der Waals surface area contributed by atoms with Gasteiger partial charge in [0.25, 0.3) is 0 Å². The molecule has 2 nitrogen and oxygen atoms in total. The molecule has 9 aromatic rings. The van der Waals surface area contributed by atoms with Crippen LogP contribution in [0.25, 0.3) is 31.3 Å². The first kappa shape index (κ1) is 33.0. The van der Waals surface area contributed by atoms with Crippen LogP contribution >= 0.6 is 11.3 Å². The van der Waals surface area contributed by atoms with Crippen LogP contribution in [0.1, 0.15) is 35.1 Å². The van der Waals surface area contributed by atoms with E-state index in [1.165, 1.54) is 82.0 Å². The highest BCUT2D eigenvalue weighted by atomic mass is 32.1. The Kier molecular flexibility index (Phi) is 7.89. The Balaban J connectivity index is 1.09. The predicted octanol–water partition coefficient (Wildman–Crippen LogP) is 14.8. The smallest absolute Gasteiger partial charge is 0.0554 e. The molecular formula is C53H40N2S.